The molecule has 7 heteroatoms. The molecule has 0 aromatic carbocycles. The fourth-order valence-corrected chi connectivity index (χ4v) is 10.5. The van der Waals surface area contributed by atoms with E-state index in [2.05, 4.69) is 50.1 Å². The number of aliphatic hydroxyl groups is 1. The Morgan fingerprint density at radius 1 is 1.13 bits per heavy atom. The molecule has 0 radical (unpaired) electrons. The summed E-state index contributed by atoms with van der Waals surface area (Å²) in [7, 11) is 0. The lowest BCUT2D eigenvalue weighted by Crippen LogP contribution is -2.64. The highest BCUT2D eigenvalue weighted by Crippen LogP contribution is 2.68. The van der Waals surface area contributed by atoms with Crippen LogP contribution in [0.15, 0.2) is 12.2 Å². The van der Waals surface area contributed by atoms with Gasteiger partial charge in [0.1, 0.15) is 11.9 Å². The third-order valence-electron chi connectivity index (χ3n) is 13.1. The smallest absolute Gasteiger partial charge is 0.414 e. The lowest BCUT2D eigenvalue weighted by Gasteiger charge is -2.63. The highest BCUT2D eigenvalue weighted by atomic mass is 16.6. The Labute approximate surface area is 233 Å². The number of imide groups is 1. The Morgan fingerprint density at radius 2 is 1.92 bits per heavy atom. The average Bonchev–Trinajstić information content (AvgIpc) is 3.65. The molecule has 39 heavy (non-hydrogen) atoms. The molecular formula is C32H48N2O5. The highest BCUT2D eigenvalue weighted by Gasteiger charge is 2.69. The third kappa shape index (κ3) is 4.07. The zero-order valence-corrected chi connectivity index (χ0v) is 24.3. The lowest BCUT2D eigenvalue weighted by atomic mass is 9.43. The van der Waals surface area contributed by atoms with Crippen molar-refractivity contribution < 1.29 is 24.2 Å². The molecule has 4 bridgehead atoms. The van der Waals surface area contributed by atoms with Crippen molar-refractivity contribution in [3.8, 4) is 0 Å². The SMILES string of the molecule is C[C@@H]1CCC23CCC(=O)C2[C@]1(C)[C@H](OC(=O)NC(=O)[C@H]1CN2CC[C@@H]1C2)C[C@@](C)(C1C=CCCC1)[C@@H](O)[C@@H]3C. The summed E-state index contributed by atoms with van der Waals surface area (Å²) < 4.78 is 6.35. The minimum atomic E-state index is -0.692. The first-order valence-electron chi connectivity index (χ1n) is 15.6. The van der Waals surface area contributed by atoms with Gasteiger partial charge in [0.05, 0.1) is 12.0 Å². The Hall–Kier alpha value is -1.73. The van der Waals surface area contributed by atoms with Gasteiger partial charge in [0.25, 0.3) is 0 Å². The molecule has 12 atom stereocenters. The van der Waals surface area contributed by atoms with Gasteiger partial charge in [-0.1, -0.05) is 39.8 Å². The molecule has 4 unspecified atom stereocenters. The van der Waals surface area contributed by atoms with Crippen molar-refractivity contribution in [1.29, 1.82) is 0 Å². The predicted molar refractivity (Wildman–Crippen MR) is 147 cm³/mol. The van der Waals surface area contributed by atoms with Crippen LogP contribution in [-0.2, 0) is 14.3 Å². The van der Waals surface area contributed by atoms with E-state index in [9.17, 15) is 19.5 Å². The first-order valence-corrected chi connectivity index (χ1v) is 15.6. The van der Waals surface area contributed by atoms with E-state index in [0.29, 0.717) is 25.3 Å². The van der Waals surface area contributed by atoms with Crippen molar-refractivity contribution in [3.05, 3.63) is 12.2 Å². The summed E-state index contributed by atoms with van der Waals surface area (Å²) in [6.45, 7) is 11.4. The van der Waals surface area contributed by atoms with Crippen LogP contribution in [0.3, 0.4) is 0 Å². The van der Waals surface area contributed by atoms with Crippen LogP contribution in [0.5, 0.6) is 0 Å². The molecule has 4 aliphatic carbocycles. The van der Waals surface area contributed by atoms with Gasteiger partial charge in [0.15, 0.2) is 0 Å². The average molecular weight is 541 g/mol. The number of fused-ring (bicyclic) bond motifs is 2. The molecule has 5 fully saturated rings. The van der Waals surface area contributed by atoms with Crippen LogP contribution in [0.1, 0.15) is 85.5 Å². The van der Waals surface area contributed by atoms with Gasteiger partial charge < -0.3 is 14.7 Å². The Balaban J connectivity index is 1.35. The standard InChI is InChI=1S/C32H48N2O5/c1-19-10-13-32-14-11-24(35)26(32)31(19,4)25(16-30(3,27(36)20(32)2)22-8-6-5-7-9-22)39-29(38)33-28(37)23-18-34-15-12-21(23)17-34/h6,8,19-23,25-27,36H,5,7,9-18H2,1-4H3,(H,33,37,38)/t19-,20+,21-,22?,23+,25-,26?,27+,30+,31+,32?/m1/s1. The number of carbonyl (C=O) groups excluding carboxylic acids is 3. The number of allylic oxidation sites excluding steroid dienone is 2. The highest BCUT2D eigenvalue weighted by molar-refractivity contribution is 5.93. The number of hydrogen-bond acceptors (Lipinski definition) is 6. The van der Waals surface area contributed by atoms with Crippen LogP contribution < -0.4 is 5.32 Å². The number of amides is 2. The van der Waals surface area contributed by atoms with Crippen LogP contribution in [0.4, 0.5) is 4.79 Å². The normalized spacial score (nSPS) is 50.7. The number of carbonyl (C=O) groups is 3. The molecular weight excluding hydrogens is 492 g/mol. The molecule has 2 N–H and O–H groups in total. The number of ketones is 1. The zero-order chi connectivity index (χ0) is 27.7. The molecule has 6 rings (SSSR count). The fourth-order valence-electron chi connectivity index (χ4n) is 10.5. The van der Waals surface area contributed by atoms with Crippen molar-refractivity contribution >= 4 is 17.8 Å². The molecule has 2 saturated heterocycles. The first-order chi connectivity index (χ1) is 18.5. The monoisotopic (exact) mass is 540 g/mol. The van der Waals surface area contributed by atoms with Gasteiger partial charge in [-0.05, 0) is 87.0 Å². The summed E-state index contributed by atoms with van der Waals surface area (Å²) >= 11 is 0. The van der Waals surface area contributed by atoms with Gasteiger partial charge in [0, 0.05) is 36.3 Å². The minimum Gasteiger partial charge on any atom is -0.445 e. The summed E-state index contributed by atoms with van der Waals surface area (Å²) in [5.41, 5.74) is -1.35. The summed E-state index contributed by atoms with van der Waals surface area (Å²) in [6.07, 6.45) is 10.4. The van der Waals surface area contributed by atoms with Gasteiger partial charge in [-0.25, -0.2) is 4.79 Å². The molecule has 216 valence electrons. The van der Waals surface area contributed by atoms with E-state index in [0.717, 1.165) is 58.0 Å². The van der Waals surface area contributed by atoms with Crippen molar-refractivity contribution in [2.45, 2.75) is 97.7 Å². The number of Topliss-reactive ketones (excluding diaryl/α,β-unsaturated/α-hetero) is 1. The van der Waals surface area contributed by atoms with Crippen molar-refractivity contribution in [2.75, 3.05) is 19.6 Å². The topological polar surface area (TPSA) is 95.9 Å². The van der Waals surface area contributed by atoms with E-state index in [-0.39, 0.29) is 46.7 Å². The molecule has 2 heterocycles. The van der Waals surface area contributed by atoms with E-state index in [1.54, 1.807) is 0 Å². The maximum Gasteiger partial charge on any atom is 0.414 e. The van der Waals surface area contributed by atoms with Gasteiger partial charge in [-0.2, -0.15) is 0 Å². The Kier molecular flexibility index (Phi) is 6.81. The fraction of sp³-hybridized carbons (Fsp3) is 0.844. The third-order valence-corrected chi connectivity index (χ3v) is 13.1. The number of nitrogens with zero attached hydrogens (tertiary/aromatic N) is 1. The second-order valence-electron chi connectivity index (χ2n) is 14.6. The lowest BCUT2D eigenvalue weighted by molar-refractivity contribution is -0.204. The molecule has 0 aromatic heterocycles. The summed E-state index contributed by atoms with van der Waals surface area (Å²) in [4.78, 5) is 42.6. The second-order valence-corrected chi connectivity index (χ2v) is 14.6. The molecule has 2 amide bonds. The van der Waals surface area contributed by atoms with Gasteiger partial charge in [-0.15, -0.1) is 0 Å². The first kappa shape index (κ1) is 27.4. The number of piperidine rings is 1. The molecule has 0 aromatic rings. The molecule has 6 aliphatic rings. The van der Waals surface area contributed by atoms with Gasteiger partial charge in [0.2, 0.25) is 5.91 Å². The Bertz CT molecular complexity index is 1060. The number of rotatable bonds is 3. The largest absolute Gasteiger partial charge is 0.445 e. The number of nitrogens with one attached hydrogen (secondary N) is 1. The van der Waals surface area contributed by atoms with Crippen LogP contribution >= 0.6 is 0 Å². The Morgan fingerprint density at radius 3 is 2.59 bits per heavy atom. The number of aliphatic hydroxyl groups excluding tert-OH is 1. The second kappa shape index (κ2) is 9.68. The predicted octanol–water partition coefficient (Wildman–Crippen LogP) is 4.72. The van der Waals surface area contributed by atoms with Crippen molar-refractivity contribution in [2.24, 2.45) is 51.8 Å². The van der Waals surface area contributed by atoms with Crippen molar-refractivity contribution in [3.63, 3.8) is 0 Å². The molecule has 2 aliphatic heterocycles. The molecule has 0 spiro atoms. The van der Waals surface area contributed by atoms with Crippen molar-refractivity contribution in [1.82, 2.24) is 10.2 Å². The quantitative estimate of drug-likeness (QED) is 0.503. The molecule has 7 nitrogen and oxygen atoms in total. The van der Waals surface area contributed by atoms with Crippen LogP contribution in [0.2, 0.25) is 0 Å². The van der Waals surface area contributed by atoms with E-state index in [1.165, 1.54) is 0 Å². The van der Waals surface area contributed by atoms with Crippen LogP contribution in [-0.4, -0.2) is 59.6 Å². The number of ether oxygens (including phenoxy) is 1. The maximum absolute atomic E-state index is 13.7. The summed E-state index contributed by atoms with van der Waals surface area (Å²) in [6, 6.07) is 0. The number of hydrogen-bond donors (Lipinski definition) is 2. The van der Waals surface area contributed by atoms with E-state index in [4.69, 9.17) is 4.74 Å². The van der Waals surface area contributed by atoms with E-state index in [1.807, 2.05) is 0 Å². The number of alkyl carbamates (subject to hydrolysis) is 1. The summed E-state index contributed by atoms with van der Waals surface area (Å²) in [5, 5.41) is 14.8. The van der Waals surface area contributed by atoms with Crippen LogP contribution in [0.25, 0.3) is 0 Å². The summed E-state index contributed by atoms with van der Waals surface area (Å²) in [5.74, 6) is 0.234. The minimum absolute atomic E-state index is 0.0229. The van der Waals surface area contributed by atoms with Gasteiger partial charge in [-0.3, -0.25) is 14.9 Å². The molecule has 3 saturated carbocycles. The van der Waals surface area contributed by atoms with E-state index < -0.39 is 29.1 Å². The van der Waals surface area contributed by atoms with Crippen LogP contribution in [0, 0.1) is 51.8 Å². The zero-order valence-electron chi connectivity index (χ0n) is 24.3. The maximum atomic E-state index is 13.7. The van der Waals surface area contributed by atoms with Gasteiger partial charge >= 0.3 is 6.09 Å². The van der Waals surface area contributed by atoms with E-state index >= 15 is 0 Å².